The van der Waals surface area contributed by atoms with Crippen LogP contribution in [-0.2, 0) is 19.4 Å². The van der Waals surface area contributed by atoms with Crippen LogP contribution in [0, 0.1) is 0 Å². The topological polar surface area (TPSA) is 37.3 Å². The fraction of sp³-hybridized carbons (Fsp3) is 0.190. The predicted molar refractivity (Wildman–Crippen MR) is 101 cm³/mol. The maximum Gasteiger partial charge on any atom is 1.00 e. The second-order valence-electron chi connectivity index (χ2n) is 5.80. The van der Waals surface area contributed by atoms with Crippen LogP contribution in [0.15, 0.2) is 48.6 Å². The Bertz CT molecular complexity index is 816. The fourth-order valence-corrected chi connectivity index (χ4v) is 3.10. The molecule has 2 aliphatic carbocycles. The van der Waals surface area contributed by atoms with Crippen molar-refractivity contribution in [2.75, 3.05) is 0 Å². The number of rotatable bonds is 2. The molecule has 2 aromatic carbocycles. The third kappa shape index (κ3) is 4.86. The first kappa shape index (κ1) is 21.7. The molecule has 0 heterocycles. The molecule has 0 aromatic heterocycles. The van der Waals surface area contributed by atoms with E-state index in [0.717, 1.165) is 29.5 Å². The Morgan fingerprint density at radius 1 is 1.00 bits per heavy atom. The second kappa shape index (κ2) is 9.98. The van der Waals surface area contributed by atoms with Gasteiger partial charge in [-0.25, -0.2) is 0 Å². The van der Waals surface area contributed by atoms with Crippen molar-refractivity contribution < 1.29 is 30.2 Å². The van der Waals surface area contributed by atoms with Gasteiger partial charge in [-0.1, -0.05) is 60.7 Å². The van der Waals surface area contributed by atoms with E-state index >= 15 is 0 Å². The van der Waals surface area contributed by atoms with Crippen molar-refractivity contribution in [3.63, 3.8) is 0 Å². The molecule has 2 aliphatic rings. The van der Waals surface area contributed by atoms with Gasteiger partial charge in [0.05, 0.1) is 6.61 Å². The maximum absolute atomic E-state index is 11.2. The van der Waals surface area contributed by atoms with Crippen LogP contribution in [-0.4, -0.2) is 28.3 Å². The molecule has 0 fully saturated rings. The summed E-state index contributed by atoms with van der Waals surface area (Å²) in [7, 11) is 0. The molecule has 0 amide bonds. The number of allylic oxidation sites excluding steroid dienone is 2. The Morgan fingerprint density at radius 3 is 2.16 bits per heavy atom. The number of aliphatic hydroxyl groups is 1. The van der Waals surface area contributed by atoms with Gasteiger partial charge < -0.3 is 6.53 Å². The average Bonchev–Trinajstić information content (AvgIpc) is 3.23. The van der Waals surface area contributed by atoms with Crippen molar-refractivity contribution in [2.24, 2.45) is 0 Å². The maximum atomic E-state index is 11.2. The first-order chi connectivity index (χ1) is 11.2. The van der Waals surface area contributed by atoms with Crippen LogP contribution < -0.4 is 18.9 Å². The van der Waals surface area contributed by atoms with Crippen LogP contribution in [0.25, 0.3) is 12.2 Å². The zero-order chi connectivity index (χ0) is 16.2. The van der Waals surface area contributed by atoms with Crippen LogP contribution >= 0.6 is 0 Å². The Morgan fingerprint density at radius 2 is 1.56 bits per heavy atom. The zero-order valence-corrected chi connectivity index (χ0v) is 16.0. The van der Waals surface area contributed by atoms with Crippen molar-refractivity contribution in [3.05, 3.63) is 81.9 Å². The Balaban J connectivity index is 0.000000432. The molecule has 0 atom stereocenters. The van der Waals surface area contributed by atoms with Gasteiger partial charge in [0.25, 0.3) is 0 Å². The first-order valence-corrected chi connectivity index (χ1v) is 7.88. The number of benzene rings is 2. The smallest absolute Gasteiger partial charge is 1.00 e. The average molecular weight is 339 g/mol. The molecule has 2 nitrogen and oxygen atoms in total. The fourth-order valence-electron chi connectivity index (χ4n) is 3.10. The van der Waals surface area contributed by atoms with Gasteiger partial charge in [0.1, 0.15) is 0 Å². The summed E-state index contributed by atoms with van der Waals surface area (Å²) in [6, 6.07) is 12.0. The monoisotopic (exact) mass is 339 g/mol. The molecule has 121 valence electrons. The third-order valence-electron chi connectivity index (χ3n) is 4.28. The normalized spacial score (nSPS) is 12.2. The number of carbonyl (C=O) groups is 1. The molecule has 0 spiro atoms. The second-order valence-corrected chi connectivity index (χ2v) is 5.80. The van der Waals surface area contributed by atoms with Crippen LogP contribution in [0.2, 0.25) is 0 Å². The first-order valence-electron chi connectivity index (χ1n) is 7.88. The minimum absolute atomic E-state index is 0. The number of ketones is 1. The molecule has 4 rings (SSSR count). The minimum atomic E-state index is 0. The molecule has 0 aliphatic heterocycles. The van der Waals surface area contributed by atoms with Gasteiger partial charge in [0.15, 0.2) is 5.78 Å². The van der Waals surface area contributed by atoms with Gasteiger partial charge in [-0.2, -0.15) is 0 Å². The molecule has 0 saturated heterocycles. The number of Topliss-reactive ketones (excluding diaryl/α,β-unsaturated/α-hetero) is 1. The number of carbonyl (C=O) groups excluding carboxylic acids is 1. The molecular weight excluding hydrogens is 318 g/mol. The van der Waals surface area contributed by atoms with E-state index in [-0.39, 0.29) is 50.0 Å². The summed E-state index contributed by atoms with van der Waals surface area (Å²) in [4.78, 5) is 11.2. The summed E-state index contributed by atoms with van der Waals surface area (Å²) in [5.74, 6) is 0.151. The largest absolute Gasteiger partial charge is 1.00 e. The summed E-state index contributed by atoms with van der Waals surface area (Å²) in [6.07, 6.45) is 10.3. The van der Waals surface area contributed by atoms with Crippen molar-refractivity contribution in [1.82, 2.24) is 0 Å². The van der Waals surface area contributed by atoms with Gasteiger partial charge in [0.2, 0.25) is 0 Å². The number of fused-ring (bicyclic) bond motifs is 2. The van der Waals surface area contributed by atoms with Crippen LogP contribution in [0.5, 0.6) is 0 Å². The number of aliphatic hydroxyl groups excluding tert-OH is 1. The third-order valence-corrected chi connectivity index (χ3v) is 4.28. The molecule has 25 heavy (non-hydrogen) atoms. The van der Waals surface area contributed by atoms with E-state index < -0.39 is 0 Å². The quantitative estimate of drug-likeness (QED) is 0.653. The Kier molecular flexibility index (Phi) is 8.67. The van der Waals surface area contributed by atoms with E-state index in [4.69, 9.17) is 5.11 Å². The van der Waals surface area contributed by atoms with Crippen LogP contribution in [0.3, 0.4) is 0 Å². The van der Waals surface area contributed by atoms with Crippen LogP contribution in [0.4, 0.5) is 0 Å². The van der Waals surface area contributed by atoms with Crippen molar-refractivity contribution in [2.45, 2.75) is 26.4 Å². The van der Waals surface area contributed by atoms with Gasteiger partial charge in [-0.05, 0) is 47.6 Å². The molecule has 1 N–H and O–H groups in total. The summed E-state index contributed by atoms with van der Waals surface area (Å²) in [6.45, 7) is 1.76. The van der Waals surface area contributed by atoms with Crippen molar-refractivity contribution >= 4 is 35.3 Å². The van der Waals surface area contributed by atoms with Crippen LogP contribution in [0.1, 0.15) is 46.5 Å². The molecule has 3 radical (unpaired) electrons. The summed E-state index contributed by atoms with van der Waals surface area (Å²) < 4.78 is 0. The molecule has 0 bridgehead atoms. The summed E-state index contributed by atoms with van der Waals surface area (Å²) in [5, 5.41) is 8.97. The van der Waals surface area contributed by atoms with Crippen molar-refractivity contribution in [1.29, 1.82) is 0 Å². The van der Waals surface area contributed by atoms with Gasteiger partial charge in [0, 0.05) is 22.9 Å². The summed E-state index contributed by atoms with van der Waals surface area (Å²) >= 11 is 0. The molecule has 0 unspecified atom stereocenters. The van der Waals surface area contributed by atoms with E-state index in [1.165, 1.54) is 16.7 Å². The van der Waals surface area contributed by atoms with E-state index in [0.29, 0.717) is 0 Å². The SMILES string of the molecule is CC(=O)c1cccc2c1C=CC2.OCc1cccc2c1C=CC2.[Al].[H-].[Li+]. The van der Waals surface area contributed by atoms with Gasteiger partial charge in [-0.3, -0.25) is 4.79 Å². The van der Waals surface area contributed by atoms with E-state index in [2.05, 4.69) is 30.4 Å². The molecule has 2 aromatic rings. The number of hydrogen-bond acceptors (Lipinski definition) is 2. The van der Waals surface area contributed by atoms with E-state index in [1.807, 2.05) is 30.3 Å². The number of hydrogen-bond donors (Lipinski definition) is 1. The van der Waals surface area contributed by atoms with Gasteiger partial charge >= 0.3 is 18.9 Å². The standard InChI is InChI=1S/C11H10O.C10H10O.Al.Li.H/c1-8(12)10-6-2-4-9-5-3-7-11(9)10;11-7-9-5-1-3-8-4-2-6-10(8)9;;;/h2-4,6-7H,5H2,1H3;1-3,5-6,11H,4,7H2;;;/q;;;+1;-1. The Hall–Kier alpha value is -1.32. The molecule has 0 saturated carbocycles. The van der Waals surface area contributed by atoms with E-state index in [1.54, 1.807) is 6.92 Å². The Labute approximate surface area is 173 Å². The molecule has 4 heteroatoms. The van der Waals surface area contributed by atoms with Gasteiger partial charge in [-0.15, -0.1) is 0 Å². The predicted octanol–water partition coefficient (Wildman–Crippen LogP) is 0.942. The minimum Gasteiger partial charge on any atom is -1.00 e. The zero-order valence-electron chi connectivity index (χ0n) is 15.8. The summed E-state index contributed by atoms with van der Waals surface area (Å²) in [5.41, 5.74) is 6.82. The molecular formula is C21H21AlLiO2. The van der Waals surface area contributed by atoms with E-state index in [9.17, 15) is 4.79 Å². The van der Waals surface area contributed by atoms with Crippen molar-refractivity contribution in [3.8, 4) is 0 Å².